The number of halogens is 1. The Morgan fingerprint density at radius 1 is 1.32 bits per heavy atom. The first kappa shape index (κ1) is 17.6. The smallest absolute Gasteiger partial charge is 0.233 e. The van der Waals surface area contributed by atoms with Gasteiger partial charge in [-0.05, 0) is 30.7 Å². The first-order valence-corrected chi connectivity index (χ1v) is 8.93. The second kappa shape index (κ2) is 7.76. The molecular formula is C17H17ClN4O2S. The summed E-state index contributed by atoms with van der Waals surface area (Å²) in [5.74, 6) is 1.17. The van der Waals surface area contributed by atoms with Crippen LogP contribution >= 0.6 is 23.4 Å². The number of nitrogens with one attached hydrogen (secondary N) is 1. The van der Waals surface area contributed by atoms with Crippen LogP contribution in [0.3, 0.4) is 0 Å². The van der Waals surface area contributed by atoms with Crippen LogP contribution in [0, 0.1) is 0 Å². The van der Waals surface area contributed by atoms with Crippen molar-refractivity contribution < 1.29 is 9.21 Å². The van der Waals surface area contributed by atoms with Crippen LogP contribution in [0.1, 0.15) is 12.5 Å². The van der Waals surface area contributed by atoms with Gasteiger partial charge in [-0.2, -0.15) is 0 Å². The van der Waals surface area contributed by atoms with E-state index in [4.69, 9.17) is 16.0 Å². The van der Waals surface area contributed by atoms with E-state index in [2.05, 4.69) is 15.5 Å². The Morgan fingerprint density at radius 3 is 2.84 bits per heavy atom. The molecule has 0 unspecified atom stereocenters. The van der Waals surface area contributed by atoms with Crippen LogP contribution in [0.25, 0.3) is 11.6 Å². The summed E-state index contributed by atoms with van der Waals surface area (Å²) in [5.41, 5.74) is 0.883. The fourth-order valence-electron chi connectivity index (χ4n) is 2.22. The zero-order chi connectivity index (χ0) is 17.8. The molecule has 0 aliphatic carbocycles. The summed E-state index contributed by atoms with van der Waals surface area (Å²) >= 11 is 7.44. The highest BCUT2D eigenvalue weighted by atomic mass is 35.5. The van der Waals surface area contributed by atoms with E-state index >= 15 is 0 Å². The van der Waals surface area contributed by atoms with E-state index in [9.17, 15) is 4.79 Å². The van der Waals surface area contributed by atoms with E-state index in [1.807, 2.05) is 38.2 Å². The quantitative estimate of drug-likeness (QED) is 0.666. The molecule has 0 aliphatic heterocycles. The second-order valence-electron chi connectivity index (χ2n) is 5.41. The largest absolute Gasteiger partial charge is 0.461 e. The Bertz CT molecular complexity index is 863. The second-order valence-corrected chi connectivity index (χ2v) is 7.13. The lowest BCUT2D eigenvalue weighted by molar-refractivity contribution is -0.120. The molecule has 0 spiro atoms. The Balaban J connectivity index is 1.61. The number of aromatic nitrogens is 3. The number of furan rings is 1. The number of nitrogens with zero attached hydrogens (tertiary/aromatic N) is 3. The van der Waals surface area contributed by atoms with Crippen LogP contribution in [0.2, 0.25) is 5.02 Å². The molecule has 0 fully saturated rings. The minimum atomic E-state index is -0.324. The van der Waals surface area contributed by atoms with Crippen molar-refractivity contribution in [2.24, 2.45) is 7.05 Å². The summed E-state index contributed by atoms with van der Waals surface area (Å²) in [5, 5.41) is 12.1. The number of amides is 1. The van der Waals surface area contributed by atoms with Crippen molar-refractivity contribution in [2.45, 2.75) is 23.9 Å². The molecule has 6 nitrogen and oxygen atoms in total. The molecule has 3 aromatic rings. The van der Waals surface area contributed by atoms with Crippen molar-refractivity contribution in [1.29, 1.82) is 0 Å². The van der Waals surface area contributed by atoms with Crippen molar-refractivity contribution in [2.75, 3.05) is 0 Å². The van der Waals surface area contributed by atoms with Gasteiger partial charge in [-0.3, -0.25) is 4.79 Å². The van der Waals surface area contributed by atoms with Crippen LogP contribution in [-0.2, 0) is 18.4 Å². The molecule has 1 aromatic carbocycles. The lowest BCUT2D eigenvalue weighted by Crippen LogP contribution is -2.30. The van der Waals surface area contributed by atoms with E-state index in [0.717, 1.165) is 5.56 Å². The average Bonchev–Trinajstić information content (AvgIpc) is 3.24. The number of hydrogen-bond donors (Lipinski definition) is 1. The normalized spacial score (nSPS) is 12.1. The summed E-state index contributed by atoms with van der Waals surface area (Å²) in [7, 11) is 1.84. The highest BCUT2D eigenvalue weighted by Gasteiger charge is 2.20. The summed E-state index contributed by atoms with van der Waals surface area (Å²) < 4.78 is 7.15. The first-order chi connectivity index (χ1) is 12.1. The van der Waals surface area contributed by atoms with Crippen molar-refractivity contribution in [3.05, 3.63) is 53.2 Å². The highest BCUT2D eigenvalue weighted by Crippen LogP contribution is 2.26. The van der Waals surface area contributed by atoms with Gasteiger partial charge in [0.05, 0.1) is 11.5 Å². The zero-order valence-corrected chi connectivity index (χ0v) is 15.3. The molecule has 0 saturated heterocycles. The van der Waals surface area contributed by atoms with Crippen LogP contribution < -0.4 is 5.32 Å². The molecule has 0 aliphatic rings. The van der Waals surface area contributed by atoms with E-state index in [-0.39, 0.29) is 11.2 Å². The maximum atomic E-state index is 12.3. The monoisotopic (exact) mass is 376 g/mol. The highest BCUT2D eigenvalue weighted by molar-refractivity contribution is 8.00. The zero-order valence-electron chi connectivity index (χ0n) is 13.8. The Kier molecular flexibility index (Phi) is 5.45. The molecule has 1 atom stereocenters. The van der Waals surface area contributed by atoms with Gasteiger partial charge in [-0.1, -0.05) is 41.6 Å². The van der Waals surface area contributed by atoms with Gasteiger partial charge in [-0.15, -0.1) is 10.2 Å². The van der Waals surface area contributed by atoms with E-state index < -0.39 is 0 Å². The van der Waals surface area contributed by atoms with E-state index in [0.29, 0.717) is 28.3 Å². The van der Waals surface area contributed by atoms with Crippen molar-refractivity contribution >= 4 is 29.3 Å². The van der Waals surface area contributed by atoms with Crippen LogP contribution in [0.5, 0.6) is 0 Å². The minimum Gasteiger partial charge on any atom is -0.461 e. The number of carbonyl (C=O) groups excluding carboxylic acids is 1. The summed E-state index contributed by atoms with van der Waals surface area (Å²) in [6.45, 7) is 2.22. The van der Waals surface area contributed by atoms with Crippen molar-refractivity contribution in [3.63, 3.8) is 0 Å². The third kappa shape index (κ3) is 4.05. The summed E-state index contributed by atoms with van der Waals surface area (Å²) in [6.07, 6.45) is 1.58. The van der Waals surface area contributed by atoms with Gasteiger partial charge in [0.15, 0.2) is 16.7 Å². The fourth-order valence-corrected chi connectivity index (χ4v) is 3.26. The van der Waals surface area contributed by atoms with Crippen molar-refractivity contribution in [1.82, 2.24) is 20.1 Å². The molecule has 130 valence electrons. The Hall–Kier alpha value is -2.25. The molecule has 2 aromatic heterocycles. The molecule has 0 radical (unpaired) electrons. The molecule has 0 saturated carbocycles. The number of benzene rings is 1. The number of rotatable bonds is 6. The average molecular weight is 377 g/mol. The lowest BCUT2D eigenvalue weighted by Gasteiger charge is -2.12. The molecule has 0 bridgehead atoms. The van der Waals surface area contributed by atoms with Gasteiger partial charge in [-0.25, -0.2) is 0 Å². The van der Waals surface area contributed by atoms with Gasteiger partial charge >= 0.3 is 0 Å². The molecule has 1 amide bonds. The maximum Gasteiger partial charge on any atom is 0.233 e. The molecule has 2 heterocycles. The fraction of sp³-hybridized carbons (Fsp3) is 0.235. The predicted molar refractivity (Wildman–Crippen MR) is 97.3 cm³/mol. The van der Waals surface area contributed by atoms with Gasteiger partial charge < -0.3 is 14.3 Å². The van der Waals surface area contributed by atoms with Crippen LogP contribution in [0.4, 0.5) is 0 Å². The van der Waals surface area contributed by atoms with Gasteiger partial charge in [0.2, 0.25) is 5.91 Å². The lowest BCUT2D eigenvalue weighted by atomic mass is 10.2. The number of hydrogen-bond acceptors (Lipinski definition) is 5. The SMILES string of the molecule is C[C@H](Sc1nnc(-c2ccco2)n1C)C(=O)NCc1ccccc1Cl. The van der Waals surface area contributed by atoms with E-state index in [1.165, 1.54) is 11.8 Å². The third-order valence-electron chi connectivity index (χ3n) is 3.64. The van der Waals surface area contributed by atoms with Gasteiger partial charge in [0.25, 0.3) is 0 Å². The molecule has 25 heavy (non-hydrogen) atoms. The third-order valence-corrected chi connectivity index (χ3v) is 5.14. The number of carbonyl (C=O) groups is 1. The van der Waals surface area contributed by atoms with Crippen LogP contribution in [-0.4, -0.2) is 25.9 Å². The topological polar surface area (TPSA) is 73.0 Å². The number of thioether (sulfide) groups is 1. The predicted octanol–water partition coefficient (Wildman–Crippen LogP) is 3.53. The molecule has 8 heteroatoms. The van der Waals surface area contributed by atoms with Gasteiger partial charge in [0, 0.05) is 18.6 Å². The molecule has 3 rings (SSSR count). The van der Waals surface area contributed by atoms with E-state index in [1.54, 1.807) is 23.0 Å². The standard InChI is InChI=1S/C17H17ClN4O2S/c1-11(16(23)19-10-12-6-3-4-7-13(12)18)25-17-21-20-15(22(17)2)14-8-5-9-24-14/h3-9,11H,10H2,1-2H3,(H,19,23)/t11-/m0/s1. The Labute approximate surface area is 154 Å². The Morgan fingerprint density at radius 2 is 2.12 bits per heavy atom. The molecule has 1 N–H and O–H groups in total. The van der Waals surface area contributed by atoms with Crippen LogP contribution in [0.15, 0.2) is 52.2 Å². The first-order valence-electron chi connectivity index (χ1n) is 7.67. The maximum absolute atomic E-state index is 12.3. The molecular weight excluding hydrogens is 360 g/mol. The summed E-state index contributed by atoms with van der Waals surface area (Å²) in [4.78, 5) is 12.3. The van der Waals surface area contributed by atoms with Crippen molar-refractivity contribution in [3.8, 4) is 11.6 Å². The minimum absolute atomic E-state index is 0.0903. The summed E-state index contributed by atoms with van der Waals surface area (Å²) in [6, 6.07) is 11.0. The van der Waals surface area contributed by atoms with Gasteiger partial charge in [0.1, 0.15) is 0 Å².